The predicted molar refractivity (Wildman–Crippen MR) is 114 cm³/mol. The average Bonchev–Trinajstić information content (AvgIpc) is 2.65. The molecule has 142 valence electrons. The third-order valence-corrected chi connectivity index (χ3v) is 4.44. The molecule has 0 saturated heterocycles. The zero-order valence-corrected chi connectivity index (χ0v) is 17.8. The molecule has 0 aliphatic rings. The van der Waals surface area contributed by atoms with E-state index in [2.05, 4.69) is 38.8 Å². The second-order valence-electron chi connectivity index (χ2n) is 5.05. The molecule has 7 nitrogen and oxygen atoms in total. The highest BCUT2D eigenvalue weighted by Crippen LogP contribution is 2.21. The molecule has 0 saturated carbocycles. The van der Waals surface area contributed by atoms with Gasteiger partial charge in [0, 0.05) is 10.6 Å². The Morgan fingerprint density at radius 1 is 1.15 bits per heavy atom. The van der Waals surface area contributed by atoms with Gasteiger partial charge in [0.25, 0.3) is 11.8 Å². The molecule has 0 spiro atoms. The van der Waals surface area contributed by atoms with Gasteiger partial charge in [-0.3, -0.25) is 25.8 Å². The van der Waals surface area contributed by atoms with Gasteiger partial charge in [-0.25, -0.2) is 0 Å². The van der Waals surface area contributed by atoms with Gasteiger partial charge in [-0.05, 0) is 77.3 Å². The van der Waals surface area contributed by atoms with Gasteiger partial charge in [0.15, 0.2) is 11.7 Å². The van der Waals surface area contributed by atoms with Crippen LogP contribution in [0.4, 0.5) is 0 Å². The molecule has 2 rings (SSSR count). The predicted octanol–water partition coefficient (Wildman–Crippen LogP) is 2.67. The Balaban J connectivity index is 1.76. The van der Waals surface area contributed by atoms with Crippen LogP contribution in [0, 0.1) is 3.57 Å². The Bertz CT molecular complexity index is 849. The van der Waals surface area contributed by atoms with Gasteiger partial charge in [0.1, 0.15) is 11.5 Å². The Hall–Kier alpha value is -2.11. The Morgan fingerprint density at radius 2 is 1.85 bits per heavy atom. The van der Waals surface area contributed by atoms with Gasteiger partial charge in [-0.1, -0.05) is 11.6 Å². The number of methoxy groups -OCH3 is 1. The summed E-state index contributed by atoms with van der Waals surface area (Å²) in [4.78, 5) is 23.9. The molecule has 0 bridgehead atoms. The molecule has 0 aliphatic carbocycles. The summed E-state index contributed by atoms with van der Waals surface area (Å²) in [6, 6.07) is 11.5. The normalized spacial score (nSPS) is 9.89. The average molecular weight is 520 g/mol. The topological polar surface area (TPSA) is 88.7 Å². The highest BCUT2D eigenvalue weighted by molar-refractivity contribution is 14.1. The number of hydrogen-bond acceptors (Lipinski definition) is 5. The fraction of sp³-hybridized carbons (Fsp3) is 0.118. The molecular weight excluding hydrogens is 505 g/mol. The van der Waals surface area contributed by atoms with Crippen LogP contribution in [0.5, 0.6) is 11.5 Å². The maximum absolute atomic E-state index is 12.1. The van der Waals surface area contributed by atoms with Gasteiger partial charge in [-0.2, -0.15) is 0 Å². The van der Waals surface area contributed by atoms with Crippen LogP contribution in [-0.4, -0.2) is 30.6 Å². The first-order chi connectivity index (χ1) is 12.9. The van der Waals surface area contributed by atoms with E-state index < -0.39 is 11.8 Å². The number of halogens is 2. The number of ether oxygens (including phenoxy) is 2. The monoisotopic (exact) mass is 519 g/mol. The molecule has 0 fully saturated rings. The van der Waals surface area contributed by atoms with Crippen LogP contribution >= 0.6 is 46.4 Å². The molecule has 2 aromatic rings. The van der Waals surface area contributed by atoms with Crippen LogP contribution in [0.15, 0.2) is 42.5 Å². The summed E-state index contributed by atoms with van der Waals surface area (Å²) in [6.45, 7) is -0.242. The fourth-order valence-corrected chi connectivity index (χ4v) is 2.89. The highest BCUT2D eigenvalue weighted by atomic mass is 127. The molecule has 0 atom stereocenters. The molecule has 0 heterocycles. The maximum atomic E-state index is 12.1. The van der Waals surface area contributed by atoms with Crippen molar-refractivity contribution in [2.75, 3.05) is 13.7 Å². The van der Waals surface area contributed by atoms with Crippen molar-refractivity contribution in [1.29, 1.82) is 0 Å². The first-order valence-corrected chi connectivity index (χ1v) is 9.37. The van der Waals surface area contributed by atoms with Gasteiger partial charge in [0.05, 0.1) is 10.7 Å². The van der Waals surface area contributed by atoms with Crippen LogP contribution in [-0.2, 0) is 4.79 Å². The number of benzene rings is 2. The maximum Gasteiger partial charge on any atom is 0.269 e. The van der Waals surface area contributed by atoms with Crippen LogP contribution < -0.4 is 25.6 Å². The first-order valence-electron chi connectivity index (χ1n) is 7.51. The van der Waals surface area contributed by atoms with Crippen molar-refractivity contribution in [2.45, 2.75) is 0 Å². The highest BCUT2D eigenvalue weighted by Gasteiger charge is 2.10. The number of rotatable bonds is 5. The molecule has 10 heteroatoms. The molecule has 0 aliphatic heterocycles. The zero-order chi connectivity index (χ0) is 19.8. The van der Waals surface area contributed by atoms with E-state index in [1.54, 1.807) is 49.6 Å². The molecular formula is C17H15ClIN3O4S. The standard InChI is InChI=1S/C17H15ClIN3O4S/c1-25-14-7-2-10(8-13(14)19)16(24)21-22-17(27)20-15(23)9-26-12-5-3-11(18)4-6-12/h2-8H,9H2,1H3,(H,21,24)(H2,20,22,23,27). The number of carbonyl (C=O) groups is 2. The van der Waals surface area contributed by atoms with Crippen molar-refractivity contribution < 1.29 is 19.1 Å². The lowest BCUT2D eigenvalue weighted by Crippen LogP contribution is -2.49. The van der Waals surface area contributed by atoms with Crippen LogP contribution in [0.25, 0.3) is 0 Å². The van der Waals surface area contributed by atoms with Gasteiger partial charge in [0.2, 0.25) is 0 Å². The molecule has 27 heavy (non-hydrogen) atoms. The largest absolute Gasteiger partial charge is 0.496 e. The summed E-state index contributed by atoms with van der Waals surface area (Å²) in [5.74, 6) is 0.277. The number of hydrogen-bond donors (Lipinski definition) is 3. The summed E-state index contributed by atoms with van der Waals surface area (Å²) in [5.41, 5.74) is 5.27. The fourth-order valence-electron chi connectivity index (χ4n) is 1.87. The van der Waals surface area contributed by atoms with Crippen LogP contribution in [0.1, 0.15) is 10.4 Å². The lowest BCUT2D eigenvalue weighted by Gasteiger charge is -2.12. The Kier molecular flexibility index (Phi) is 8.07. The van der Waals surface area contributed by atoms with Gasteiger partial charge in [-0.15, -0.1) is 0 Å². The van der Waals surface area contributed by atoms with Crippen molar-refractivity contribution in [1.82, 2.24) is 16.2 Å². The van der Waals surface area contributed by atoms with Crippen molar-refractivity contribution >= 4 is 63.3 Å². The van der Waals surface area contributed by atoms with E-state index in [-0.39, 0.29) is 11.7 Å². The smallest absolute Gasteiger partial charge is 0.269 e. The van der Waals surface area contributed by atoms with Crippen molar-refractivity contribution in [3.63, 3.8) is 0 Å². The first kappa shape index (κ1) is 21.2. The third kappa shape index (κ3) is 6.85. The quantitative estimate of drug-likeness (QED) is 0.320. The summed E-state index contributed by atoms with van der Waals surface area (Å²) < 4.78 is 11.2. The Labute approximate surface area is 179 Å². The zero-order valence-electron chi connectivity index (χ0n) is 14.0. The number of amides is 2. The minimum atomic E-state index is -0.476. The summed E-state index contributed by atoms with van der Waals surface area (Å²) in [7, 11) is 1.55. The second-order valence-corrected chi connectivity index (χ2v) is 7.06. The van der Waals surface area contributed by atoms with Crippen molar-refractivity contribution in [3.8, 4) is 11.5 Å². The molecule has 2 amide bonds. The summed E-state index contributed by atoms with van der Waals surface area (Å²) in [6.07, 6.45) is 0. The number of hydrazine groups is 1. The van der Waals surface area contributed by atoms with E-state index in [0.29, 0.717) is 22.1 Å². The number of thiocarbonyl (C=S) groups is 1. The molecule has 3 N–H and O–H groups in total. The van der Waals surface area contributed by atoms with Crippen LogP contribution in [0.3, 0.4) is 0 Å². The minimum absolute atomic E-state index is 0.0590. The van der Waals surface area contributed by atoms with E-state index in [0.717, 1.165) is 3.57 Å². The van der Waals surface area contributed by atoms with E-state index in [1.807, 2.05) is 0 Å². The number of carbonyl (C=O) groups excluding carboxylic acids is 2. The second kappa shape index (κ2) is 10.3. The van der Waals surface area contributed by atoms with Crippen LogP contribution in [0.2, 0.25) is 5.02 Å². The minimum Gasteiger partial charge on any atom is -0.496 e. The molecule has 0 unspecified atom stereocenters. The summed E-state index contributed by atoms with van der Waals surface area (Å²) >= 11 is 12.8. The number of nitrogens with one attached hydrogen (secondary N) is 3. The lowest BCUT2D eigenvalue weighted by molar-refractivity contribution is -0.121. The molecule has 2 aromatic carbocycles. The van der Waals surface area contributed by atoms with E-state index in [1.165, 1.54) is 0 Å². The molecule has 0 radical (unpaired) electrons. The molecule has 0 aromatic heterocycles. The Morgan fingerprint density at radius 3 is 2.48 bits per heavy atom. The summed E-state index contributed by atoms with van der Waals surface area (Å²) in [5, 5.41) is 2.90. The third-order valence-electron chi connectivity index (χ3n) is 3.14. The van der Waals surface area contributed by atoms with Crippen molar-refractivity contribution in [3.05, 3.63) is 56.6 Å². The van der Waals surface area contributed by atoms with Gasteiger partial charge >= 0.3 is 0 Å². The SMILES string of the molecule is COc1ccc(C(=O)NNC(=S)NC(=O)COc2ccc(Cl)cc2)cc1I. The van der Waals surface area contributed by atoms with E-state index >= 15 is 0 Å². The lowest BCUT2D eigenvalue weighted by atomic mass is 10.2. The van der Waals surface area contributed by atoms with E-state index in [9.17, 15) is 9.59 Å². The van der Waals surface area contributed by atoms with Gasteiger partial charge < -0.3 is 9.47 Å². The van der Waals surface area contributed by atoms with Crippen molar-refractivity contribution in [2.24, 2.45) is 0 Å². The van der Waals surface area contributed by atoms with E-state index in [4.69, 9.17) is 33.3 Å².